The number of methoxy groups -OCH3 is 1. The van der Waals surface area contributed by atoms with Crippen molar-refractivity contribution in [3.8, 4) is 17.6 Å². The molecule has 3 N–H and O–H groups in total. The zero-order valence-electron chi connectivity index (χ0n) is 23.0. The molecule has 10 nitrogen and oxygen atoms in total. The Morgan fingerprint density at radius 1 is 1.17 bits per heavy atom. The van der Waals surface area contributed by atoms with Crippen LogP contribution in [0.4, 0.5) is 18.9 Å². The second kappa shape index (κ2) is 10.2. The third-order valence-electron chi connectivity index (χ3n) is 7.64. The highest BCUT2D eigenvalue weighted by molar-refractivity contribution is 7.90. The largest absolute Gasteiger partial charge is 0.495 e. The molecule has 0 saturated heterocycles. The van der Waals surface area contributed by atoms with Gasteiger partial charge in [-0.3, -0.25) is 9.59 Å². The molecule has 3 fully saturated rings. The van der Waals surface area contributed by atoms with Crippen LogP contribution in [0.5, 0.6) is 5.75 Å². The van der Waals surface area contributed by atoms with Crippen LogP contribution in [0.25, 0.3) is 11.0 Å². The molecule has 3 aliphatic carbocycles. The average molecular weight is 604 g/mol. The lowest BCUT2D eigenvalue weighted by molar-refractivity contribution is -0.177. The summed E-state index contributed by atoms with van der Waals surface area (Å²) in [6.07, 6.45) is -0.887. The molecule has 0 radical (unpaired) electrons. The van der Waals surface area contributed by atoms with E-state index in [9.17, 15) is 31.2 Å². The van der Waals surface area contributed by atoms with Gasteiger partial charge in [0.15, 0.2) is 9.84 Å². The van der Waals surface area contributed by atoms with Crippen LogP contribution in [0.15, 0.2) is 41.6 Å². The number of amides is 2. The van der Waals surface area contributed by atoms with Crippen LogP contribution in [0.2, 0.25) is 0 Å². The molecule has 1 heterocycles. The topological polar surface area (TPSA) is 131 Å². The normalized spacial score (nSPS) is 20.9. The van der Waals surface area contributed by atoms with Gasteiger partial charge in [0.2, 0.25) is 5.91 Å². The third-order valence-corrected chi connectivity index (χ3v) is 8.75. The van der Waals surface area contributed by atoms with Gasteiger partial charge in [0.25, 0.3) is 5.91 Å². The van der Waals surface area contributed by atoms with Crippen molar-refractivity contribution in [1.82, 2.24) is 20.2 Å². The molecule has 0 unspecified atom stereocenters. The van der Waals surface area contributed by atoms with Gasteiger partial charge < -0.3 is 25.3 Å². The summed E-state index contributed by atoms with van der Waals surface area (Å²) in [6.45, 7) is -1.20. The van der Waals surface area contributed by atoms with Crippen molar-refractivity contribution in [2.45, 2.75) is 42.4 Å². The Balaban J connectivity index is 1.39. The Morgan fingerprint density at radius 2 is 1.88 bits per heavy atom. The molecular formula is C28H28F3N5O5S. The summed E-state index contributed by atoms with van der Waals surface area (Å²) < 4.78 is 69.6. The van der Waals surface area contributed by atoms with Crippen LogP contribution in [0.1, 0.15) is 35.2 Å². The Labute approximate surface area is 239 Å². The number of anilines is 1. The van der Waals surface area contributed by atoms with Gasteiger partial charge >= 0.3 is 6.18 Å². The summed E-state index contributed by atoms with van der Waals surface area (Å²) in [6, 6.07) is 7.28. The zero-order chi connectivity index (χ0) is 30.5. The van der Waals surface area contributed by atoms with Crippen molar-refractivity contribution in [1.29, 1.82) is 0 Å². The molecule has 6 rings (SSSR count). The Hall–Kier alpha value is -4.25. The van der Waals surface area contributed by atoms with E-state index in [-0.39, 0.29) is 33.9 Å². The first-order valence-corrected chi connectivity index (χ1v) is 14.8. The first-order chi connectivity index (χ1) is 19.7. The second-order valence-corrected chi connectivity index (χ2v) is 12.8. The highest BCUT2D eigenvalue weighted by Gasteiger charge is 2.72. The maximum Gasteiger partial charge on any atom is 0.406 e. The van der Waals surface area contributed by atoms with Crippen LogP contribution >= 0.6 is 0 Å². The van der Waals surface area contributed by atoms with Crippen LogP contribution < -0.4 is 20.7 Å². The van der Waals surface area contributed by atoms with Gasteiger partial charge in [0.05, 0.1) is 47.1 Å². The molecule has 1 aromatic heterocycles. The van der Waals surface area contributed by atoms with Crippen molar-refractivity contribution in [3.05, 3.63) is 47.8 Å². The molecule has 3 aromatic rings. The second-order valence-electron chi connectivity index (χ2n) is 10.8. The van der Waals surface area contributed by atoms with E-state index in [1.54, 1.807) is 13.1 Å². The van der Waals surface area contributed by atoms with Crippen LogP contribution in [0.3, 0.4) is 0 Å². The van der Waals surface area contributed by atoms with Crippen LogP contribution in [-0.4, -0.2) is 68.5 Å². The van der Waals surface area contributed by atoms with E-state index in [1.807, 2.05) is 0 Å². The number of halogens is 3. The number of ether oxygens (including phenoxy) is 1. The van der Waals surface area contributed by atoms with Gasteiger partial charge in [-0.15, -0.1) is 0 Å². The van der Waals surface area contributed by atoms with Crippen molar-refractivity contribution in [3.63, 3.8) is 0 Å². The fourth-order valence-corrected chi connectivity index (χ4v) is 6.43. The quantitative estimate of drug-likeness (QED) is 0.338. The predicted molar refractivity (Wildman–Crippen MR) is 148 cm³/mol. The lowest BCUT2D eigenvalue weighted by atomic mass is 9.39. The summed E-state index contributed by atoms with van der Waals surface area (Å²) in [7, 11) is -0.469. The fraction of sp³-hybridized carbons (Fsp3) is 0.393. The Kier molecular flexibility index (Phi) is 7.13. The summed E-state index contributed by atoms with van der Waals surface area (Å²) in [4.78, 5) is 29.7. The predicted octanol–water partition coefficient (Wildman–Crippen LogP) is 2.87. The summed E-state index contributed by atoms with van der Waals surface area (Å²) >= 11 is 0. The third kappa shape index (κ3) is 5.48. The molecule has 0 atom stereocenters. The fourth-order valence-electron chi connectivity index (χ4n) is 5.80. The first kappa shape index (κ1) is 29.2. The van der Waals surface area contributed by atoms with Crippen molar-refractivity contribution in [2.75, 3.05) is 32.3 Å². The number of rotatable bonds is 8. The highest BCUT2D eigenvalue weighted by Crippen LogP contribution is 2.67. The standard InChI is InChI=1S/C28H28F3N5O5S/c1-32-25(38)26-12-27(13-26,14-26)35-24(37)19-9-17(10-21-23(19)34-16-36(21)15-28(29,30)31)5-4-8-33-20-7-6-18(42(3,39)40)11-22(20)41-2/h6-7,9-11,16,33H,8,12-15H2,1-3H3,(H,32,38)(H,35,37). The first-order valence-electron chi connectivity index (χ1n) is 12.9. The van der Waals surface area contributed by atoms with E-state index in [0.717, 1.165) is 17.2 Å². The van der Waals surface area contributed by atoms with E-state index < -0.39 is 39.4 Å². The van der Waals surface area contributed by atoms with Crippen LogP contribution in [-0.2, 0) is 21.2 Å². The minimum atomic E-state index is -4.51. The molecule has 2 amide bonds. The van der Waals surface area contributed by atoms with Gasteiger partial charge in [-0.1, -0.05) is 11.8 Å². The summed E-state index contributed by atoms with van der Waals surface area (Å²) in [5, 5.41) is 8.63. The smallest absolute Gasteiger partial charge is 0.406 e. The number of fused-ring (bicyclic) bond motifs is 1. The van der Waals surface area contributed by atoms with Crippen molar-refractivity contribution in [2.24, 2.45) is 5.41 Å². The number of nitrogens with one attached hydrogen (secondary N) is 3. The number of hydrogen-bond donors (Lipinski definition) is 3. The molecule has 3 saturated carbocycles. The maximum absolute atomic E-state index is 13.4. The number of hydrogen-bond acceptors (Lipinski definition) is 7. The van der Waals surface area contributed by atoms with Gasteiger partial charge in [0.1, 0.15) is 17.8 Å². The number of benzene rings is 2. The number of carbonyl (C=O) groups is 2. The van der Waals surface area contributed by atoms with Crippen molar-refractivity contribution >= 4 is 38.4 Å². The van der Waals surface area contributed by atoms with E-state index in [1.165, 1.54) is 31.4 Å². The highest BCUT2D eigenvalue weighted by atomic mass is 32.2. The minimum absolute atomic E-state index is 0.0678. The van der Waals surface area contributed by atoms with E-state index in [2.05, 4.69) is 32.8 Å². The van der Waals surface area contributed by atoms with Gasteiger partial charge in [-0.05, 0) is 43.5 Å². The number of carbonyl (C=O) groups excluding carboxylic acids is 2. The Bertz CT molecular complexity index is 1750. The van der Waals surface area contributed by atoms with E-state index in [0.29, 0.717) is 36.3 Å². The van der Waals surface area contributed by atoms with Crippen molar-refractivity contribution < 1.29 is 35.9 Å². The number of sulfone groups is 1. The molecule has 2 bridgehead atoms. The molecule has 0 spiro atoms. The zero-order valence-corrected chi connectivity index (χ0v) is 23.8. The van der Waals surface area contributed by atoms with Gasteiger partial charge in [-0.25, -0.2) is 13.4 Å². The average Bonchev–Trinajstić information content (AvgIpc) is 3.27. The van der Waals surface area contributed by atoms with Gasteiger partial charge in [0, 0.05) is 30.5 Å². The molecule has 14 heteroatoms. The maximum atomic E-state index is 13.4. The lowest BCUT2D eigenvalue weighted by Crippen LogP contribution is -2.78. The minimum Gasteiger partial charge on any atom is -0.495 e. The number of aromatic nitrogens is 2. The van der Waals surface area contributed by atoms with E-state index >= 15 is 0 Å². The number of imidazole rings is 1. The number of nitrogens with zero attached hydrogens (tertiary/aromatic N) is 2. The molecule has 3 aliphatic rings. The van der Waals surface area contributed by atoms with Gasteiger partial charge in [-0.2, -0.15) is 13.2 Å². The molecule has 42 heavy (non-hydrogen) atoms. The SMILES string of the molecule is CNC(=O)C12CC(NC(=O)c3cc(C#CCNc4ccc(S(C)(=O)=O)cc4OC)cc4c3ncn4CC(F)(F)F)(C1)C2. The van der Waals surface area contributed by atoms with Crippen LogP contribution in [0, 0.1) is 17.3 Å². The Morgan fingerprint density at radius 3 is 2.50 bits per heavy atom. The van der Waals surface area contributed by atoms with E-state index in [4.69, 9.17) is 4.74 Å². The molecular weight excluding hydrogens is 575 g/mol. The summed E-state index contributed by atoms with van der Waals surface area (Å²) in [5.41, 5.74) is 0.103. The monoisotopic (exact) mass is 603 g/mol. The molecule has 222 valence electrons. The lowest BCUT2D eigenvalue weighted by Gasteiger charge is -2.69. The molecule has 0 aliphatic heterocycles. The number of alkyl halides is 3. The molecule has 2 aromatic carbocycles. The summed E-state index contributed by atoms with van der Waals surface area (Å²) in [5.74, 6) is 5.48.